The average Bonchev–Trinajstić information content (AvgIpc) is 2.86. The minimum Gasteiger partial charge on any atom is -0.467 e. The van der Waals surface area contributed by atoms with E-state index < -0.39 is 6.04 Å². The first-order valence-electron chi connectivity index (χ1n) is 6.09. The number of aryl methyl sites for hydroxylation is 1. The van der Waals surface area contributed by atoms with Crippen LogP contribution in [0.15, 0.2) is 24.3 Å². The number of hydrogen-bond acceptors (Lipinski definition) is 3. The summed E-state index contributed by atoms with van der Waals surface area (Å²) in [7, 11) is 1.36. The van der Waals surface area contributed by atoms with Crippen LogP contribution in [0.3, 0.4) is 0 Å². The van der Waals surface area contributed by atoms with Gasteiger partial charge < -0.3 is 9.64 Å². The molecule has 96 valence electrons. The van der Waals surface area contributed by atoms with Crippen LogP contribution in [-0.2, 0) is 9.53 Å². The number of nitrogens with zero attached hydrogens (tertiary/aromatic N) is 1. The predicted octanol–water partition coefficient (Wildman–Crippen LogP) is 1.77. The van der Waals surface area contributed by atoms with Crippen molar-refractivity contribution in [2.24, 2.45) is 0 Å². The summed E-state index contributed by atoms with van der Waals surface area (Å²) in [6, 6.07) is 6.99. The van der Waals surface area contributed by atoms with Crippen molar-refractivity contribution in [3.8, 4) is 0 Å². The largest absolute Gasteiger partial charge is 0.467 e. The minimum atomic E-state index is -0.428. The maximum absolute atomic E-state index is 12.3. The van der Waals surface area contributed by atoms with E-state index in [1.54, 1.807) is 11.0 Å². The smallest absolute Gasteiger partial charge is 0.328 e. The molecule has 4 heteroatoms. The zero-order chi connectivity index (χ0) is 13.1. The molecule has 0 saturated carbocycles. The zero-order valence-electron chi connectivity index (χ0n) is 10.7. The van der Waals surface area contributed by atoms with Gasteiger partial charge >= 0.3 is 5.97 Å². The molecule has 18 heavy (non-hydrogen) atoms. The second-order valence-corrected chi connectivity index (χ2v) is 4.55. The molecule has 0 aliphatic carbocycles. The minimum absolute atomic E-state index is 0.0911. The summed E-state index contributed by atoms with van der Waals surface area (Å²) in [4.78, 5) is 25.6. The van der Waals surface area contributed by atoms with Gasteiger partial charge in [-0.3, -0.25) is 4.79 Å². The first-order valence-corrected chi connectivity index (χ1v) is 6.09. The molecule has 1 aromatic carbocycles. The standard InChI is InChI=1S/C14H17NO3/c1-10-5-3-6-11(9-10)13(16)15-8-4-7-12(15)14(17)18-2/h3,5-6,9,12H,4,7-8H2,1-2H3/t12-/m1/s1. The maximum atomic E-state index is 12.3. The summed E-state index contributed by atoms with van der Waals surface area (Å²) in [6.07, 6.45) is 1.53. The quantitative estimate of drug-likeness (QED) is 0.748. The van der Waals surface area contributed by atoms with E-state index in [4.69, 9.17) is 4.74 Å². The number of hydrogen-bond donors (Lipinski definition) is 0. The number of benzene rings is 1. The van der Waals surface area contributed by atoms with Crippen LogP contribution < -0.4 is 0 Å². The van der Waals surface area contributed by atoms with Crippen LogP contribution in [0.25, 0.3) is 0 Å². The fraction of sp³-hybridized carbons (Fsp3) is 0.429. The fourth-order valence-electron chi connectivity index (χ4n) is 2.33. The van der Waals surface area contributed by atoms with E-state index in [9.17, 15) is 9.59 Å². The third-order valence-corrected chi connectivity index (χ3v) is 3.25. The lowest BCUT2D eigenvalue weighted by molar-refractivity contribution is -0.145. The first-order chi connectivity index (χ1) is 8.63. The van der Waals surface area contributed by atoms with Gasteiger partial charge in [-0.25, -0.2) is 4.79 Å². The molecule has 0 unspecified atom stereocenters. The Hall–Kier alpha value is -1.84. The van der Waals surface area contributed by atoms with Crippen molar-refractivity contribution in [3.05, 3.63) is 35.4 Å². The number of methoxy groups -OCH3 is 1. The van der Waals surface area contributed by atoms with E-state index in [1.165, 1.54) is 7.11 Å². The van der Waals surface area contributed by atoms with Crippen molar-refractivity contribution in [1.82, 2.24) is 4.90 Å². The lowest BCUT2D eigenvalue weighted by atomic mass is 10.1. The molecular formula is C14H17NO3. The maximum Gasteiger partial charge on any atom is 0.328 e. The molecule has 0 radical (unpaired) electrons. The Morgan fingerprint density at radius 3 is 2.83 bits per heavy atom. The van der Waals surface area contributed by atoms with Gasteiger partial charge in [0.1, 0.15) is 6.04 Å². The molecule has 1 aliphatic rings. The van der Waals surface area contributed by atoms with Gasteiger partial charge in [-0.15, -0.1) is 0 Å². The van der Waals surface area contributed by atoms with Crippen LogP contribution in [0.5, 0.6) is 0 Å². The van der Waals surface area contributed by atoms with E-state index in [-0.39, 0.29) is 11.9 Å². The van der Waals surface area contributed by atoms with Gasteiger partial charge in [-0.1, -0.05) is 17.7 Å². The Morgan fingerprint density at radius 1 is 1.39 bits per heavy atom. The number of amides is 1. The molecule has 0 N–H and O–H groups in total. The molecule has 4 nitrogen and oxygen atoms in total. The van der Waals surface area contributed by atoms with Crippen LogP contribution in [0, 0.1) is 6.92 Å². The topological polar surface area (TPSA) is 46.6 Å². The predicted molar refractivity (Wildman–Crippen MR) is 67.3 cm³/mol. The number of likely N-dealkylation sites (tertiary alicyclic amines) is 1. The Balaban J connectivity index is 2.20. The second-order valence-electron chi connectivity index (χ2n) is 4.55. The molecule has 1 amide bonds. The molecule has 0 aromatic heterocycles. The molecule has 1 fully saturated rings. The van der Waals surface area contributed by atoms with Gasteiger partial charge in [0.05, 0.1) is 7.11 Å². The third-order valence-electron chi connectivity index (χ3n) is 3.25. The van der Waals surface area contributed by atoms with Crippen LogP contribution in [0.2, 0.25) is 0 Å². The molecule has 1 saturated heterocycles. The zero-order valence-corrected chi connectivity index (χ0v) is 10.7. The Labute approximate surface area is 107 Å². The van der Waals surface area contributed by atoms with E-state index in [0.29, 0.717) is 18.5 Å². The molecule has 0 spiro atoms. The highest BCUT2D eigenvalue weighted by Crippen LogP contribution is 2.21. The molecule has 1 heterocycles. The van der Waals surface area contributed by atoms with E-state index in [0.717, 1.165) is 12.0 Å². The summed E-state index contributed by atoms with van der Waals surface area (Å²) in [5, 5.41) is 0. The van der Waals surface area contributed by atoms with Crippen LogP contribution in [0.4, 0.5) is 0 Å². The second kappa shape index (κ2) is 5.21. The van der Waals surface area contributed by atoms with Gasteiger partial charge in [0.15, 0.2) is 0 Å². The van der Waals surface area contributed by atoms with Crippen molar-refractivity contribution in [2.45, 2.75) is 25.8 Å². The van der Waals surface area contributed by atoms with Gasteiger partial charge in [0.2, 0.25) is 0 Å². The van der Waals surface area contributed by atoms with Gasteiger partial charge in [-0.05, 0) is 31.9 Å². The SMILES string of the molecule is COC(=O)[C@H]1CCCN1C(=O)c1cccc(C)c1. The number of esters is 1. The summed E-state index contributed by atoms with van der Waals surface area (Å²) < 4.78 is 4.74. The Morgan fingerprint density at radius 2 is 2.17 bits per heavy atom. The van der Waals surface area contributed by atoms with Crippen molar-refractivity contribution >= 4 is 11.9 Å². The highest BCUT2D eigenvalue weighted by atomic mass is 16.5. The third kappa shape index (κ3) is 2.37. The number of rotatable bonds is 2. The monoisotopic (exact) mass is 247 g/mol. The van der Waals surface area contributed by atoms with Crippen LogP contribution >= 0.6 is 0 Å². The normalized spacial score (nSPS) is 18.8. The Bertz CT molecular complexity index is 470. The highest BCUT2D eigenvalue weighted by molar-refractivity contribution is 5.97. The Kier molecular flexibility index (Phi) is 3.65. The lowest BCUT2D eigenvalue weighted by Crippen LogP contribution is -2.41. The summed E-state index contributed by atoms with van der Waals surface area (Å²) >= 11 is 0. The van der Waals surface area contributed by atoms with Gasteiger partial charge in [-0.2, -0.15) is 0 Å². The van der Waals surface area contributed by atoms with E-state index in [2.05, 4.69) is 0 Å². The van der Waals surface area contributed by atoms with E-state index >= 15 is 0 Å². The van der Waals surface area contributed by atoms with E-state index in [1.807, 2.05) is 25.1 Å². The highest BCUT2D eigenvalue weighted by Gasteiger charge is 2.35. The molecule has 1 aromatic rings. The lowest BCUT2D eigenvalue weighted by Gasteiger charge is -2.22. The van der Waals surface area contributed by atoms with Gasteiger partial charge in [0.25, 0.3) is 5.91 Å². The van der Waals surface area contributed by atoms with Crippen LogP contribution in [0.1, 0.15) is 28.8 Å². The number of carbonyl (C=O) groups excluding carboxylic acids is 2. The summed E-state index contributed by atoms with van der Waals surface area (Å²) in [5.74, 6) is -0.417. The number of ether oxygens (including phenoxy) is 1. The summed E-state index contributed by atoms with van der Waals surface area (Å²) in [6.45, 7) is 2.56. The van der Waals surface area contributed by atoms with Crippen LogP contribution in [-0.4, -0.2) is 36.5 Å². The molecule has 0 bridgehead atoms. The molecule has 2 rings (SSSR count). The van der Waals surface area contributed by atoms with Crippen molar-refractivity contribution < 1.29 is 14.3 Å². The number of carbonyl (C=O) groups is 2. The average molecular weight is 247 g/mol. The molecule has 1 atom stereocenters. The van der Waals surface area contributed by atoms with Crippen molar-refractivity contribution in [3.63, 3.8) is 0 Å². The van der Waals surface area contributed by atoms with Crippen molar-refractivity contribution in [1.29, 1.82) is 0 Å². The summed E-state index contributed by atoms with van der Waals surface area (Å²) in [5.41, 5.74) is 1.67. The van der Waals surface area contributed by atoms with Crippen molar-refractivity contribution in [2.75, 3.05) is 13.7 Å². The fourth-order valence-corrected chi connectivity index (χ4v) is 2.33. The molecular weight excluding hydrogens is 230 g/mol. The molecule has 1 aliphatic heterocycles. The van der Waals surface area contributed by atoms with Gasteiger partial charge in [0, 0.05) is 12.1 Å². The first kappa shape index (κ1) is 12.6.